The number of carboxylic acid groups (broad SMARTS) is 1. The standard InChI is InChI=1S/C7H12N2O3.ClH/c8-7(12)9-3-1-2-5(4-9)6(10)11;/h5H,1-4H2,(H2,8,12)(H,10,11);1H. The van der Waals surface area contributed by atoms with Gasteiger partial charge in [-0.15, -0.1) is 12.4 Å². The van der Waals surface area contributed by atoms with Crippen molar-refractivity contribution < 1.29 is 14.7 Å². The highest BCUT2D eigenvalue weighted by atomic mass is 35.5. The van der Waals surface area contributed by atoms with Gasteiger partial charge in [-0.2, -0.15) is 0 Å². The Hall–Kier alpha value is -0.970. The zero-order valence-electron chi connectivity index (χ0n) is 7.10. The first kappa shape index (κ1) is 12.0. The fourth-order valence-electron chi connectivity index (χ4n) is 1.38. The van der Waals surface area contributed by atoms with Crippen LogP contribution in [0.15, 0.2) is 0 Å². The van der Waals surface area contributed by atoms with E-state index in [1.54, 1.807) is 0 Å². The summed E-state index contributed by atoms with van der Waals surface area (Å²) in [4.78, 5) is 22.6. The van der Waals surface area contributed by atoms with Crippen LogP contribution in [0.2, 0.25) is 0 Å². The third kappa shape index (κ3) is 3.10. The first-order chi connectivity index (χ1) is 5.61. The Bertz CT molecular complexity index is 190. The minimum atomic E-state index is -0.846. The van der Waals surface area contributed by atoms with Crippen LogP contribution in [0.3, 0.4) is 0 Å². The Morgan fingerprint density at radius 1 is 1.46 bits per heavy atom. The molecular formula is C7H13ClN2O3. The summed E-state index contributed by atoms with van der Waals surface area (Å²) in [5.74, 6) is -1.29. The Morgan fingerprint density at radius 3 is 2.54 bits per heavy atom. The lowest BCUT2D eigenvalue weighted by molar-refractivity contribution is -0.143. The molecule has 1 fully saturated rings. The molecule has 1 heterocycles. The number of halogens is 1. The van der Waals surface area contributed by atoms with Crippen molar-refractivity contribution in [3.8, 4) is 0 Å². The van der Waals surface area contributed by atoms with E-state index >= 15 is 0 Å². The van der Waals surface area contributed by atoms with E-state index in [1.165, 1.54) is 4.90 Å². The van der Waals surface area contributed by atoms with Crippen molar-refractivity contribution in [1.82, 2.24) is 4.90 Å². The zero-order valence-corrected chi connectivity index (χ0v) is 7.92. The number of rotatable bonds is 1. The van der Waals surface area contributed by atoms with Crippen LogP contribution in [0.4, 0.5) is 4.79 Å². The number of carboxylic acids is 1. The third-order valence-electron chi connectivity index (χ3n) is 2.08. The maximum absolute atomic E-state index is 10.7. The van der Waals surface area contributed by atoms with Gasteiger partial charge < -0.3 is 15.7 Å². The number of amides is 2. The van der Waals surface area contributed by atoms with Crippen molar-refractivity contribution in [2.45, 2.75) is 12.8 Å². The van der Waals surface area contributed by atoms with E-state index in [0.29, 0.717) is 13.0 Å². The molecule has 0 saturated carbocycles. The number of carbonyl (C=O) groups excluding carboxylic acids is 1. The number of nitrogens with zero attached hydrogens (tertiary/aromatic N) is 1. The maximum Gasteiger partial charge on any atom is 0.314 e. The summed E-state index contributed by atoms with van der Waals surface area (Å²) in [6, 6.07) is -0.527. The number of hydrogen-bond donors (Lipinski definition) is 2. The van der Waals surface area contributed by atoms with Crippen molar-refractivity contribution in [1.29, 1.82) is 0 Å². The van der Waals surface area contributed by atoms with Crippen molar-refractivity contribution in [2.75, 3.05) is 13.1 Å². The van der Waals surface area contributed by atoms with E-state index in [0.717, 1.165) is 6.42 Å². The molecule has 0 aromatic heterocycles. The molecule has 1 atom stereocenters. The van der Waals surface area contributed by atoms with E-state index in [9.17, 15) is 9.59 Å². The summed E-state index contributed by atoms with van der Waals surface area (Å²) < 4.78 is 0. The number of likely N-dealkylation sites (tertiary alicyclic amines) is 1. The van der Waals surface area contributed by atoms with Gasteiger partial charge in [0, 0.05) is 13.1 Å². The number of piperidine rings is 1. The molecule has 6 heteroatoms. The smallest absolute Gasteiger partial charge is 0.314 e. The first-order valence-electron chi connectivity index (χ1n) is 3.88. The summed E-state index contributed by atoms with van der Waals surface area (Å²) in [7, 11) is 0. The van der Waals surface area contributed by atoms with Crippen LogP contribution in [0.5, 0.6) is 0 Å². The summed E-state index contributed by atoms with van der Waals surface area (Å²) in [6.07, 6.45) is 1.36. The molecule has 1 aliphatic rings. The lowest BCUT2D eigenvalue weighted by Gasteiger charge is -2.28. The first-order valence-corrected chi connectivity index (χ1v) is 3.88. The fraction of sp³-hybridized carbons (Fsp3) is 0.714. The maximum atomic E-state index is 10.7. The number of aliphatic carboxylic acids is 1. The Kier molecular flexibility index (Phi) is 4.55. The molecule has 0 aromatic rings. The van der Waals surface area contributed by atoms with Gasteiger partial charge in [0.25, 0.3) is 0 Å². The topological polar surface area (TPSA) is 83.6 Å². The van der Waals surface area contributed by atoms with Gasteiger partial charge in [0.15, 0.2) is 0 Å². The molecule has 1 rings (SSSR count). The van der Waals surface area contributed by atoms with Gasteiger partial charge in [-0.25, -0.2) is 4.79 Å². The molecular weight excluding hydrogens is 196 g/mol. The van der Waals surface area contributed by atoms with Gasteiger partial charge in [0.1, 0.15) is 0 Å². The Labute approximate surface area is 82.3 Å². The lowest BCUT2D eigenvalue weighted by atomic mass is 9.99. The highest BCUT2D eigenvalue weighted by molar-refractivity contribution is 5.85. The summed E-state index contributed by atoms with van der Waals surface area (Å²) in [5, 5.41) is 8.66. The molecule has 0 aromatic carbocycles. The van der Waals surface area contributed by atoms with Gasteiger partial charge in [-0.05, 0) is 12.8 Å². The second kappa shape index (κ2) is 4.91. The lowest BCUT2D eigenvalue weighted by Crippen LogP contribution is -2.44. The molecule has 76 valence electrons. The minimum absolute atomic E-state index is 0. The predicted octanol–water partition coefficient (Wildman–Crippen LogP) is 0.283. The molecule has 0 spiro atoms. The molecule has 0 aliphatic carbocycles. The Balaban J connectivity index is 0.00000144. The second-order valence-corrected chi connectivity index (χ2v) is 2.96. The number of urea groups is 1. The highest BCUT2D eigenvalue weighted by Crippen LogP contribution is 2.15. The molecule has 13 heavy (non-hydrogen) atoms. The minimum Gasteiger partial charge on any atom is -0.481 e. The summed E-state index contributed by atoms with van der Waals surface area (Å²) in [5.41, 5.74) is 5.02. The average Bonchev–Trinajstić information content (AvgIpc) is 2.04. The molecule has 0 bridgehead atoms. The van der Waals surface area contributed by atoms with Crippen molar-refractivity contribution >= 4 is 24.4 Å². The van der Waals surface area contributed by atoms with Crippen LogP contribution >= 0.6 is 12.4 Å². The van der Waals surface area contributed by atoms with Crippen LogP contribution in [0.1, 0.15) is 12.8 Å². The van der Waals surface area contributed by atoms with Gasteiger partial charge >= 0.3 is 12.0 Å². The summed E-state index contributed by atoms with van der Waals surface area (Å²) in [6.45, 7) is 0.837. The molecule has 3 N–H and O–H groups in total. The van der Waals surface area contributed by atoms with Crippen LogP contribution in [-0.2, 0) is 4.79 Å². The van der Waals surface area contributed by atoms with Gasteiger partial charge in [-0.1, -0.05) is 0 Å². The molecule has 1 saturated heterocycles. The predicted molar refractivity (Wildman–Crippen MR) is 48.8 cm³/mol. The van der Waals surface area contributed by atoms with E-state index in [-0.39, 0.29) is 19.0 Å². The summed E-state index contributed by atoms with van der Waals surface area (Å²) >= 11 is 0. The molecule has 0 radical (unpaired) electrons. The van der Waals surface area contributed by atoms with Gasteiger partial charge in [-0.3, -0.25) is 4.79 Å². The van der Waals surface area contributed by atoms with Crippen molar-refractivity contribution in [3.63, 3.8) is 0 Å². The SMILES string of the molecule is Cl.NC(=O)N1CCCC(C(=O)O)C1. The van der Waals surface area contributed by atoms with E-state index in [4.69, 9.17) is 10.8 Å². The van der Waals surface area contributed by atoms with E-state index in [2.05, 4.69) is 0 Å². The number of carbonyl (C=O) groups is 2. The average molecular weight is 209 g/mol. The van der Waals surface area contributed by atoms with Crippen LogP contribution in [-0.4, -0.2) is 35.1 Å². The second-order valence-electron chi connectivity index (χ2n) is 2.96. The largest absolute Gasteiger partial charge is 0.481 e. The van der Waals surface area contributed by atoms with E-state index < -0.39 is 17.9 Å². The number of hydrogen-bond acceptors (Lipinski definition) is 2. The van der Waals surface area contributed by atoms with Crippen molar-refractivity contribution in [3.05, 3.63) is 0 Å². The highest BCUT2D eigenvalue weighted by Gasteiger charge is 2.26. The van der Waals surface area contributed by atoms with Gasteiger partial charge in [0.2, 0.25) is 0 Å². The third-order valence-corrected chi connectivity index (χ3v) is 2.08. The van der Waals surface area contributed by atoms with Crippen LogP contribution in [0, 0.1) is 5.92 Å². The fourth-order valence-corrected chi connectivity index (χ4v) is 1.38. The van der Waals surface area contributed by atoms with E-state index in [1.807, 2.05) is 0 Å². The molecule has 1 unspecified atom stereocenters. The van der Waals surface area contributed by atoms with Gasteiger partial charge in [0.05, 0.1) is 5.92 Å². The van der Waals surface area contributed by atoms with Crippen LogP contribution < -0.4 is 5.73 Å². The quantitative estimate of drug-likeness (QED) is 0.650. The Morgan fingerprint density at radius 2 is 2.08 bits per heavy atom. The molecule has 5 nitrogen and oxygen atoms in total. The number of nitrogens with two attached hydrogens (primary N) is 1. The monoisotopic (exact) mass is 208 g/mol. The normalized spacial score (nSPS) is 21.8. The zero-order chi connectivity index (χ0) is 9.14. The van der Waals surface area contributed by atoms with Crippen molar-refractivity contribution in [2.24, 2.45) is 11.7 Å². The molecule has 1 aliphatic heterocycles. The number of primary amides is 1. The van der Waals surface area contributed by atoms with Crippen LogP contribution in [0.25, 0.3) is 0 Å². The molecule has 2 amide bonds.